The zero-order valence-electron chi connectivity index (χ0n) is 19.0. The molecule has 3 heterocycles. The van der Waals surface area contributed by atoms with Gasteiger partial charge < -0.3 is 14.7 Å². The molecule has 0 aliphatic heterocycles. The van der Waals surface area contributed by atoms with E-state index < -0.39 is 0 Å². The number of thiophene rings is 1. The van der Waals surface area contributed by atoms with Crippen LogP contribution >= 0.6 is 23.1 Å². The largest absolute Gasteiger partial charge is 0.440 e. The lowest BCUT2D eigenvalue weighted by Crippen LogP contribution is -2.23. The Morgan fingerprint density at radius 3 is 2.75 bits per heavy atom. The molecule has 1 unspecified atom stereocenters. The fourth-order valence-electron chi connectivity index (χ4n) is 3.22. The number of hydrogen-bond donors (Lipinski definition) is 2. The standard InChI is InChI=1S/C23H26N4O3S2/c1-11-12(2)32-21-18(11)20(29)26-17(27-21)10-31-13(3)19(28)24-14-7-8-16-15(9-14)25-22(30-16)23(4,5)6/h7-9,13H,10H2,1-6H3,(H,24,28)(H,26,27,29). The maximum absolute atomic E-state index is 12.7. The van der Waals surface area contributed by atoms with Gasteiger partial charge in [-0.2, -0.15) is 0 Å². The van der Waals surface area contributed by atoms with Crippen LogP contribution in [0.5, 0.6) is 0 Å². The number of hydrogen-bond acceptors (Lipinski definition) is 7. The molecule has 0 radical (unpaired) electrons. The first-order chi connectivity index (χ1) is 15.0. The molecule has 1 aromatic carbocycles. The van der Waals surface area contributed by atoms with Crippen LogP contribution in [0.25, 0.3) is 21.3 Å². The Morgan fingerprint density at radius 2 is 2.03 bits per heavy atom. The molecule has 2 N–H and O–H groups in total. The quantitative estimate of drug-likeness (QED) is 0.410. The Morgan fingerprint density at radius 1 is 1.28 bits per heavy atom. The van der Waals surface area contributed by atoms with E-state index in [1.807, 2.05) is 59.7 Å². The van der Waals surface area contributed by atoms with E-state index in [-0.39, 0.29) is 22.1 Å². The minimum atomic E-state index is -0.332. The Bertz CT molecular complexity index is 1380. The summed E-state index contributed by atoms with van der Waals surface area (Å²) in [6.45, 7) is 11.9. The molecule has 1 atom stereocenters. The highest BCUT2D eigenvalue weighted by molar-refractivity contribution is 7.99. The summed E-state index contributed by atoms with van der Waals surface area (Å²) in [4.78, 5) is 38.9. The van der Waals surface area contributed by atoms with Crippen molar-refractivity contribution in [3.63, 3.8) is 0 Å². The van der Waals surface area contributed by atoms with Crippen molar-refractivity contribution in [2.24, 2.45) is 0 Å². The van der Waals surface area contributed by atoms with Crippen molar-refractivity contribution in [2.75, 3.05) is 5.32 Å². The van der Waals surface area contributed by atoms with Crippen molar-refractivity contribution in [1.82, 2.24) is 15.0 Å². The average Bonchev–Trinajstić information content (AvgIpc) is 3.27. The van der Waals surface area contributed by atoms with E-state index in [4.69, 9.17) is 4.42 Å². The first-order valence-corrected chi connectivity index (χ1v) is 12.2. The van der Waals surface area contributed by atoms with E-state index in [1.54, 1.807) is 0 Å². The third-order valence-electron chi connectivity index (χ3n) is 5.22. The van der Waals surface area contributed by atoms with Crippen LogP contribution in [0.2, 0.25) is 0 Å². The van der Waals surface area contributed by atoms with Gasteiger partial charge in [0, 0.05) is 16.0 Å². The van der Waals surface area contributed by atoms with Gasteiger partial charge in [0.05, 0.1) is 16.4 Å². The smallest absolute Gasteiger partial charge is 0.259 e. The van der Waals surface area contributed by atoms with Gasteiger partial charge in [0.25, 0.3) is 5.56 Å². The summed E-state index contributed by atoms with van der Waals surface area (Å²) in [5.41, 5.74) is 2.74. The van der Waals surface area contributed by atoms with Gasteiger partial charge in [-0.05, 0) is 44.5 Å². The van der Waals surface area contributed by atoms with Crippen LogP contribution in [0.15, 0.2) is 27.4 Å². The number of carbonyl (C=O) groups excluding carboxylic acids is 1. The summed E-state index contributed by atoms with van der Waals surface area (Å²) in [6.07, 6.45) is 0. The number of aromatic nitrogens is 3. The molecule has 32 heavy (non-hydrogen) atoms. The highest BCUT2D eigenvalue weighted by Gasteiger charge is 2.21. The van der Waals surface area contributed by atoms with Gasteiger partial charge in [-0.25, -0.2) is 9.97 Å². The zero-order valence-corrected chi connectivity index (χ0v) is 20.6. The molecule has 4 rings (SSSR count). The van der Waals surface area contributed by atoms with E-state index in [1.165, 1.54) is 23.1 Å². The van der Waals surface area contributed by atoms with Crippen molar-refractivity contribution in [3.8, 4) is 0 Å². The lowest BCUT2D eigenvalue weighted by atomic mass is 9.97. The van der Waals surface area contributed by atoms with Crippen molar-refractivity contribution in [1.29, 1.82) is 0 Å². The average molecular weight is 471 g/mol. The topological polar surface area (TPSA) is 101 Å². The van der Waals surface area contributed by atoms with E-state index in [0.29, 0.717) is 39.6 Å². The summed E-state index contributed by atoms with van der Waals surface area (Å²) >= 11 is 2.94. The number of thioether (sulfide) groups is 1. The first-order valence-electron chi connectivity index (χ1n) is 10.4. The van der Waals surface area contributed by atoms with Crippen LogP contribution in [-0.2, 0) is 16.0 Å². The normalized spacial score (nSPS) is 13.1. The first kappa shape index (κ1) is 22.5. The number of benzene rings is 1. The lowest BCUT2D eigenvalue weighted by molar-refractivity contribution is -0.115. The van der Waals surface area contributed by atoms with Crippen molar-refractivity contribution >= 4 is 56.0 Å². The van der Waals surface area contributed by atoms with Crippen LogP contribution < -0.4 is 10.9 Å². The Kier molecular flexibility index (Phi) is 5.89. The monoisotopic (exact) mass is 470 g/mol. The number of fused-ring (bicyclic) bond motifs is 2. The van der Waals surface area contributed by atoms with Crippen molar-refractivity contribution in [2.45, 2.75) is 58.0 Å². The molecule has 0 saturated heterocycles. The summed E-state index contributed by atoms with van der Waals surface area (Å²) in [5.74, 6) is 1.55. The molecule has 0 bridgehead atoms. The fourth-order valence-corrected chi connectivity index (χ4v) is 5.02. The second kappa shape index (κ2) is 8.37. The highest BCUT2D eigenvalue weighted by Crippen LogP contribution is 2.28. The number of nitrogens with zero attached hydrogens (tertiary/aromatic N) is 2. The molecule has 1 amide bonds. The van der Waals surface area contributed by atoms with Gasteiger partial charge in [-0.3, -0.25) is 9.59 Å². The van der Waals surface area contributed by atoms with E-state index >= 15 is 0 Å². The fraction of sp³-hybridized carbons (Fsp3) is 0.391. The van der Waals surface area contributed by atoms with Crippen molar-refractivity contribution in [3.05, 3.63) is 50.7 Å². The molecule has 168 valence electrons. The number of nitrogens with one attached hydrogen (secondary N) is 2. The van der Waals surface area contributed by atoms with E-state index in [2.05, 4.69) is 20.3 Å². The second-order valence-corrected chi connectivity index (χ2v) is 11.4. The lowest BCUT2D eigenvalue weighted by Gasteiger charge is -2.11. The number of amides is 1. The molecular weight excluding hydrogens is 444 g/mol. The van der Waals surface area contributed by atoms with E-state index in [9.17, 15) is 9.59 Å². The van der Waals surface area contributed by atoms with Gasteiger partial charge in [0.2, 0.25) is 11.8 Å². The maximum atomic E-state index is 12.7. The molecule has 4 aromatic rings. The molecule has 0 spiro atoms. The van der Waals surface area contributed by atoms with Gasteiger partial charge in [-0.15, -0.1) is 23.1 Å². The molecular formula is C23H26N4O3S2. The van der Waals surface area contributed by atoms with Crippen molar-refractivity contribution < 1.29 is 9.21 Å². The SMILES string of the molecule is Cc1sc2nc(CSC(C)C(=O)Nc3ccc4oc(C(C)(C)C)nc4c3)[nH]c(=O)c2c1C. The van der Waals surface area contributed by atoms with Crippen LogP contribution in [0.4, 0.5) is 5.69 Å². The Labute approximate surface area is 194 Å². The molecule has 0 aliphatic carbocycles. The van der Waals surface area contributed by atoms with Gasteiger partial charge >= 0.3 is 0 Å². The maximum Gasteiger partial charge on any atom is 0.259 e. The number of oxazole rings is 1. The van der Waals surface area contributed by atoms with Crippen LogP contribution in [0.3, 0.4) is 0 Å². The molecule has 0 saturated carbocycles. The summed E-state index contributed by atoms with van der Waals surface area (Å²) in [7, 11) is 0. The summed E-state index contributed by atoms with van der Waals surface area (Å²) in [6, 6.07) is 5.45. The number of rotatable bonds is 5. The molecule has 3 aromatic heterocycles. The highest BCUT2D eigenvalue weighted by atomic mass is 32.2. The summed E-state index contributed by atoms with van der Waals surface area (Å²) < 4.78 is 5.81. The number of anilines is 1. The molecule has 0 aliphatic rings. The molecule has 0 fully saturated rings. The number of H-pyrrole nitrogens is 1. The number of aryl methyl sites for hydroxylation is 2. The predicted octanol–water partition coefficient (Wildman–Crippen LogP) is 5.30. The minimum absolute atomic E-state index is 0.125. The Hall–Kier alpha value is -2.65. The van der Waals surface area contributed by atoms with Gasteiger partial charge in [0.1, 0.15) is 16.2 Å². The third kappa shape index (κ3) is 4.45. The van der Waals surface area contributed by atoms with Crippen LogP contribution in [0, 0.1) is 13.8 Å². The predicted molar refractivity (Wildman–Crippen MR) is 132 cm³/mol. The third-order valence-corrected chi connectivity index (χ3v) is 7.48. The Balaban J connectivity index is 1.43. The van der Waals surface area contributed by atoms with E-state index in [0.717, 1.165) is 15.3 Å². The van der Waals surface area contributed by atoms with Gasteiger partial charge in [-0.1, -0.05) is 20.8 Å². The molecule has 7 nitrogen and oxygen atoms in total. The molecule has 9 heteroatoms. The number of aromatic amines is 1. The minimum Gasteiger partial charge on any atom is -0.440 e. The van der Waals surface area contributed by atoms with Crippen LogP contribution in [-0.4, -0.2) is 26.1 Å². The van der Waals surface area contributed by atoms with Crippen LogP contribution in [0.1, 0.15) is 49.9 Å². The van der Waals surface area contributed by atoms with Gasteiger partial charge in [0.15, 0.2) is 5.58 Å². The zero-order chi connectivity index (χ0) is 23.2. The number of carbonyl (C=O) groups is 1. The summed E-state index contributed by atoms with van der Waals surface area (Å²) in [5, 5.41) is 3.26. The second-order valence-electron chi connectivity index (χ2n) is 8.87.